The molecule has 0 saturated carbocycles. The SMILES string of the molecule is O=C(C=Cc1ccsc1)NCC1CCN(C(=O)Oc2ccccc2)CC1. The van der Waals surface area contributed by atoms with Crippen molar-refractivity contribution in [1.82, 2.24) is 10.2 Å². The van der Waals surface area contributed by atoms with Gasteiger partial charge in [-0.05, 0) is 59.4 Å². The molecule has 5 nitrogen and oxygen atoms in total. The molecule has 6 heteroatoms. The molecule has 1 N–H and O–H groups in total. The summed E-state index contributed by atoms with van der Waals surface area (Å²) >= 11 is 1.60. The van der Waals surface area contributed by atoms with Gasteiger partial charge in [-0.3, -0.25) is 4.79 Å². The third-order valence-electron chi connectivity index (χ3n) is 4.36. The predicted octanol–water partition coefficient (Wildman–Crippen LogP) is 3.79. The van der Waals surface area contributed by atoms with E-state index in [2.05, 4.69) is 5.32 Å². The first-order valence-electron chi connectivity index (χ1n) is 8.70. The lowest BCUT2D eigenvalue weighted by Gasteiger charge is -2.31. The Balaban J connectivity index is 1.37. The van der Waals surface area contributed by atoms with E-state index < -0.39 is 0 Å². The molecule has 1 aromatic carbocycles. The highest BCUT2D eigenvalue weighted by molar-refractivity contribution is 7.08. The highest BCUT2D eigenvalue weighted by Gasteiger charge is 2.24. The van der Waals surface area contributed by atoms with Crippen molar-refractivity contribution in [2.45, 2.75) is 12.8 Å². The first-order chi connectivity index (χ1) is 12.7. The standard InChI is InChI=1S/C20H22N2O3S/c23-19(7-6-17-10-13-26-15-17)21-14-16-8-11-22(12-9-16)20(24)25-18-4-2-1-3-5-18/h1-7,10,13,15-16H,8-9,11-12,14H2,(H,21,23). The molecular formula is C20H22N2O3S. The number of hydrogen-bond acceptors (Lipinski definition) is 4. The Hall–Kier alpha value is -2.60. The van der Waals surface area contributed by atoms with Crippen LogP contribution < -0.4 is 10.1 Å². The average molecular weight is 370 g/mol. The Morgan fingerprint density at radius 3 is 2.65 bits per heavy atom. The number of nitrogens with one attached hydrogen (secondary N) is 1. The van der Waals surface area contributed by atoms with Gasteiger partial charge in [-0.2, -0.15) is 11.3 Å². The van der Waals surface area contributed by atoms with E-state index in [1.54, 1.807) is 34.4 Å². The number of amides is 2. The maximum atomic E-state index is 12.2. The van der Waals surface area contributed by atoms with Gasteiger partial charge in [0.25, 0.3) is 0 Å². The lowest BCUT2D eigenvalue weighted by Crippen LogP contribution is -2.42. The first-order valence-corrected chi connectivity index (χ1v) is 9.65. The monoisotopic (exact) mass is 370 g/mol. The van der Waals surface area contributed by atoms with Gasteiger partial charge in [0.05, 0.1) is 0 Å². The minimum Gasteiger partial charge on any atom is -0.410 e. The molecule has 2 aromatic rings. The smallest absolute Gasteiger partial charge is 0.410 e. The summed E-state index contributed by atoms with van der Waals surface area (Å²) in [5.74, 6) is 0.862. The number of nitrogens with zero attached hydrogens (tertiary/aromatic N) is 1. The lowest BCUT2D eigenvalue weighted by atomic mass is 9.97. The minimum absolute atomic E-state index is 0.0814. The van der Waals surface area contributed by atoms with Crippen LogP contribution in [-0.2, 0) is 4.79 Å². The lowest BCUT2D eigenvalue weighted by molar-refractivity contribution is -0.116. The molecular weight excluding hydrogens is 348 g/mol. The van der Waals surface area contributed by atoms with Crippen molar-refractivity contribution >= 4 is 29.4 Å². The molecule has 1 aromatic heterocycles. The molecule has 2 amide bonds. The van der Waals surface area contributed by atoms with Crippen LogP contribution in [0.25, 0.3) is 6.08 Å². The van der Waals surface area contributed by atoms with E-state index in [0.29, 0.717) is 31.3 Å². The van der Waals surface area contributed by atoms with E-state index >= 15 is 0 Å². The van der Waals surface area contributed by atoms with E-state index in [9.17, 15) is 9.59 Å². The molecule has 1 saturated heterocycles. The van der Waals surface area contributed by atoms with Crippen LogP contribution in [0.2, 0.25) is 0 Å². The number of thiophene rings is 1. The summed E-state index contributed by atoms with van der Waals surface area (Å²) < 4.78 is 5.36. The maximum Gasteiger partial charge on any atom is 0.415 e. The van der Waals surface area contributed by atoms with Crippen LogP contribution in [0.15, 0.2) is 53.2 Å². The van der Waals surface area contributed by atoms with Crippen molar-refractivity contribution in [2.24, 2.45) is 5.92 Å². The van der Waals surface area contributed by atoms with Gasteiger partial charge in [-0.25, -0.2) is 4.79 Å². The molecule has 3 rings (SSSR count). The van der Waals surface area contributed by atoms with Gasteiger partial charge in [0.15, 0.2) is 0 Å². The number of rotatable bonds is 5. The number of likely N-dealkylation sites (tertiary alicyclic amines) is 1. The van der Waals surface area contributed by atoms with Crippen molar-refractivity contribution in [1.29, 1.82) is 0 Å². The predicted molar refractivity (Wildman–Crippen MR) is 103 cm³/mol. The summed E-state index contributed by atoms with van der Waals surface area (Å²) in [5.41, 5.74) is 1.04. The van der Waals surface area contributed by atoms with E-state index in [-0.39, 0.29) is 12.0 Å². The van der Waals surface area contributed by atoms with Crippen LogP contribution in [0.1, 0.15) is 18.4 Å². The second-order valence-corrected chi connectivity index (χ2v) is 7.03. The fourth-order valence-electron chi connectivity index (χ4n) is 2.82. The number of benzene rings is 1. The Bertz CT molecular complexity index is 736. The molecule has 136 valence electrons. The third-order valence-corrected chi connectivity index (χ3v) is 5.06. The summed E-state index contributed by atoms with van der Waals surface area (Å²) in [6.45, 7) is 1.93. The Labute approximate surface area is 157 Å². The highest BCUT2D eigenvalue weighted by atomic mass is 32.1. The number of carbonyl (C=O) groups excluding carboxylic acids is 2. The molecule has 0 bridgehead atoms. The van der Waals surface area contributed by atoms with Crippen molar-refractivity contribution in [3.63, 3.8) is 0 Å². The van der Waals surface area contributed by atoms with Crippen LogP contribution in [0.4, 0.5) is 4.79 Å². The molecule has 0 spiro atoms. The van der Waals surface area contributed by atoms with Gasteiger partial charge in [-0.1, -0.05) is 18.2 Å². The van der Waals surface area contributed by atoms with Crippen molar-refractivity contribution in [2.75, 3.05) is 19.6 Å². The van der Waals surface area contributed by atoms with Gasteiger partial charge in [0.2, 0.25) is 5.91 Å². The third kappa shape index (κ3) is 5.46. The molecule has 0 aliphatic carbocycles. The summed E-state index contributed by atoms with van der Waals surface area (Å²) in [4.78, 5) is 25.8. The molecule has 1 fully saturated rings. The second kappa shape index (κ2) is 9.20. The molecule has 2 heterocycles. The molecule has 1 aliphatic heterocycles. The number of ether oxygens (including phenoxy) is 1. The minimum atomic E-state index is -0.308. The Morgan fingerprint density at radius 2 is 1.96 bits per heavy atom. The quantitative estimate of drug-likeness (QED) is 0.815. The summed E-state index contributed by atoms with van der Waals surface area (Å²) in [5, 5.41) is 6.92. The maximum absolute atomic E-state index is 12.2. The number of carbonyl (C=O) groups is 2. The van der Waals surface area contributed by atoms with Crippen LogP contribution in [0.3, 0.4) is 0 Å². The van der Waals surface area contributed by atoms with Crippen LogP contribution in [0, 0.1) is 5.92 Å². The fourth-order valence-corrected chi connectivity index (χ4v) is 3.45. The highest BCUT2D eigenvalue weighted by Crippen LogP contribution is 2.18. The second-order valence-electron chi connectivity index (χ2n) is 6.25. The first kappa shape index (κ1) is 18.2. The van der Waals surface area contributed by atoms with Gasteiger partial charge >= 0.3 is 6.09 Å². The summed E-state index contributed by atoms with van der Waals surface area (Å²) in [6.07, 6.45) is 4.79. The van der Waals surface area contributed by atoms with E-state index in [1.807, 2.05) is 41.1 Å². The fraction of sp³-hybridized carbons (Fsp3) is 0.300. The number of piperidine rings is 1. The normalized spacial score (nSPS) is 15.2. The molecule has 1 aliphatic rings. The zero-order valence-electron chi connectivity index (χ0n) is 14.5. The largest absolute Gasteiger partial charge is 0.415 e. The van der Waals surface area contributed by atoms with Crippen LogP contribution >= 0.6 is 11.3 Å². The topological polar surface area (TPSA) is 58.6 Å². The van der Waals surface area contributed by atoms with Gasteiger partial charge in [-0.15, -0.1) is 0 Å². The molecule has 0 atom stereocenters. The zero-order chi connectivity index (χ0) is 18.2. The molecule has 0 radical (unpaired) electrons. The Kier molecular flexibility index (Phi) is 6.44. The van der Waals surface area contributed by atoms with Crippen molar-refractivity contribution in [3.8, 4) is 5.75 Å². The Morgan fingerprint density at radius 1 is 1.19 bits per heavy atom. The molecule has 0 unspecified atom stereocenters. The van der Waals surface area contributed by atoms with E-state index in [4.69, 9.17) is 4.74 Å². The van der Waals surface area contributed by atoms with E-state index in [1.165, 1.54) is 0 Å². The van der Waals surface area contributed by atoms with Crippen molar-refractivity contribution < 1.29 is 14.3 Å². The van der Waals surface area contributed by atoms with Crippen LogP contribution in [0.5, 0.6) is 5.75 Å². The average Bonchev–Trinajstić information content (AvgIpc) is 3.19. The zero-order valence-corrected chi connectivity index (χ0v) is 15.3. The van der Waals surface area contributed by atoms with E-state index in [0.717, 1.165) is 18.4 Å². The molecule has 26 heavy (non-hydrogen) atoms. The summed E-state index contributed by atoms with van der Waals surface area (Å²) in [6, 6.07) is 11.1. The van der Waals surface area contributed by atoms with Crippen LogP contribution in [-0.4, -0.2) is 36.5 Å². The summed E-state index contributed by atoms with van der Waals surface area (Å²) in [7, 11) is 0. The van der Waals surface area contributed by atoms with Gasteiger partial charge < -0.3 is 15.0 Å². The number of para-hydroxylation sites is 1. The number of hydrogen-bond donors (Lipinski definition) is 1. The van der Waals surface area contributed by atoms with Crippen molar-refractivity contribution in [3.05, 3.63) is 58.8 Å². The van der Waals surface area contributed by atoms with Gasteiger partial charge in [0, 0.05) is 25.7 Å². The van der Waals surface area contributed by atoms with Gasteiger partial charge in [0.1, 0.15) is 5.75 Å².